The molecule has 3 unspecified atom stereocenters. The molecule has 35 heavy (non-hydrogen) atoms. The van der Waals surface area contributed by atoms with Gasteiger partial charge in [0, 0.05) is 48.9 Å². The lowest BCUT2D eigenvalue weighted by molar-refractivity contribution is -0.140. The van der Waals surface area contributed by atoms with Gasteiger partial charge in [0.25, 0.3) is 0 Å². The molecular weight excluding hydrogens is 438 g/mol. The predicted octanol–water partition coefficient (Wildman–Crippen LogP) is 5.63. The third-order valence-electron chi connectivity index (χ3n) is 9.21. The van der Waals surface area contributed by atoms with Gasteiger partial charge in [0.15, 0.2) is 16.9 Å². The quantitative estimate of drug-likeness (QED) is 0.548. The third-order valence-corrected chi connectivity index (χ3v) is 9.21. The lowest BCUT2D eigenvalue weighted by atomic mass is 9.75. The Kier molecular flexibility index (Phi) is 4.39. The van der Waals surface area contributed by atoms with Gasteiger partial charge in [-0.3, -0.25) is 0 Å². The number of para-hydroxylation sites is 1. The maximum atomic E-state index is 15.5. The summed E-state index contributed by atoms with van der Waals surface area (Å²) in [7, 11) is 0. The molecule has 0 aromatic heterocycles. The van der Waals surface area contributed by atoms with Crippen LogP contribution in [0.4, 0.5) is 5.69 Å². The maximum absolute atomic E-state index is 15.5. The van der Waals surface area contributed by atoms with Gasteiger partial charge >= 0.3 is 5.91 Å². The van der Waals surface area contributed by atoms with Crippen LogP contribution in [0.1, 0.15) is 56.6 Å². The first kappa shape index (κ1) is 21.3. The average molecular weight is 469 g/mol. The smallest absolute Gasteiger partial charge is 0.338 e. The van der Waals surface area contributed by atoms with Crippen molar-refractivity contribution in [2.45, 2.75) is 62.4 Å². The summed E-state index contributed by atoms with van der Waals surface area (Å²) in [6.45, 7) is 9.14. The largest absolute Gasteiger partial charge is 0.491 e. The minimum Gasteiger partial charge on any atom is -0.491 e. The minimum atomic E-state index is -0.887. The first-order valence-electron chi connectivity index (χ1n) is 12.8. The first-order valence-corrected chi connectivity index (χ1v) is 12.8. The molecule has 0 bridgehead atoms. The number of quaternary nitrogens is 1. The number of rotatable bonds is 3. The van der Waals surface area contributed by atoms with Crippen LogP contribution in [-0.4, -0.2) is 30.9 Å². The van der Waals surface area contributed by atoms with Crippen molar-refractivity contribution < 1.29 is 19.0 Å². The van der Waals surface area contributed by atoms with Crippen LogP contribution in [0.3, 0.4) is 0 Å². The highest BCUT2D eigenvalue weighted by molar-refractivity contribution is 6.09. The second kappa shape index (κ2) is 7.23. The van der Waals surface area contributed by atoms with Gasteiger partial charge in [-0.25, -0.2) is 9.28 Å². The molecule has 1 amide bonds. The molecule has 2 radical (unpaired) electrons. The lowest BCUT2D eigenvalue weighted by Crippen LogP contribution is -2.73. The normalized spacial score (nSPS) is 32.6. The van der Waals surface area contributed by atoms with Gasteiger partial charge in [-0.2, -0.15) is 0 Å². The molecule has 2 aromatic rings. The molecular formula is C30H30NO4+. The molecule has 3 heterocycles. The molecule has 178 valence electrons. The van der Waals surface area contributed by atoms with Crippen LogP contribution in [0.5, 0.6) is 17.2 Å². The van der Waals surface area contributed by atoms with Crippen molar-refractivity contribution in [1.29, 1.82) is 0 Å². The van der Waals surface area contributed by atoms with Gasteiger partial charge in [0.1, 0.15) is 29.6 Å². The van der Waals surface area contributed by atoms with Crippen molar-refractivity contribution in [1.82, 2.24) is 4.48 Å². The number of hydrogen-bond acceptors (Lipinski definition) is 4. The van der Waals surface area contributed by atoms with Crippen LogP contribution >= 0.6 is 0 Å². The number of ether oxygens (including phenoxy) is 3. The lowest BCUT2D eigenvalue weighted by Gasteiger charge is -2.52. The summed E-state index contributed by atoms with van der Waals surface area (Å²) < 4.78 is 18.0. The van der Waals surface area contributed by atoms with Crippen molar-refractivity contribution in [3.63, 3.8) is 0 Å². The van der Waals surface area contributed by atoms with E-state index in [2.05, 4.69) is 43.3 Å². The molecule has 7 rings (SSSR count). The Balaban J connectivity index is 1.54. The number of amides is 1. The topological polar surface area (TPSA) is 44.8 Å². The van der Waals surface area contributed by atoms with Crippen LogP contribution in [0, 0.1) is 6.92 Å². The minimum absolute atomic E-state index is 0.188. The Labute approximate surface area is 206 Å². The van der Waals surface area contributed by atoms with Crippen molar-refractivity contribution in [2.75, 3.05) is 13.4 Å². The summed E-state index contributed by atoms with van der Waals surface area (Å²) in [5.41, 5.74) is 2.48. The Morgan fingerprint density at radius 1 is 1.03 bits per heavy atom. The van der Waals surface area contributed by atoms with E-state index in [-0.39, 0.29) is 18.7 Å². The highest BCUT2D eigenvalue weighted by atomic mass is 16.7. The highest BCUT2D eigenvalue weighted by Crippen LogP contribution is 2.62. The summed E-state index contributed by atoms with van der Waals surface area (Å²) >= 11 is 0. The van der Waals surface area contributed by atoms with Crippen LogP contribution in [-0.2, 0) is 10.2 Å². The summed E-state index contributed by atoms with van der Waals surface area (Å²) in [6.07, 6.45) is 12.3. The first-order chi connectivity index (χ1) is 17.1. The van der Waals surface area contributed by atoms with Crippen molar-refractivity contribution in [3.8, 4) is 17.2 Å². The second-order valence-corrected chi connectivity index (χ2v) is 10.6. The molecule has 1 fully saturated rings. The molecule has 5 aliphatic rings. The predicted molar refractivity (Wildman–Crippen MR) is 134 cm³/mol. The zero-order chi connectivity index (χ0) is 23.8. The maximum Gasteiger partial charge on any atom is 0.338 e. The van der Waals surface area contributed by atoms with Gasteiger partial charge in [0.05, 0.1) is 0 Å². The van der Waals surface area contributed by atoms with Crippen molar-refractivity contribution >= 4 is 11.6 Å². The Morgan fingerprint density at radius 2 is 1.80 bits per heavy atom. The van der Waals surface area contributed by atoms with Gasteiger partial charge in [-0.15, -0.1) is 0 Å². The molecule has 5 nitrogen and oxygen atoms in total. The summed E-state index contributed by atoms with van der Waals surface area (Å²) in [6, 6.07) is 12.5. The van der Waals surface area contributed by atoms with Gasteiger partial charge in [0.2, 0.25) is 6.79 Å². The van der Waals surface area contributed by atoms with E-state index in [9.17, 15) is 0 Å². The third kappa shape index (κ3) is 2.45. The standard InChI is InChI=1S/C30H30NO4/c1-3-29(14-8-9-20(2)17-29)31(21-10-4-5-11-21)24-13-7-6-12-22(24)30(28(31)32)18-33-25-16-27-26(15-23(25)30)34-19-35-27/h2,6-9,12-13,15-17,21H,3-5,10-11,14,18-19H2,1H3/q+1. The van der Waals surface area contributed by atoms with Crippen LogP contribution in [0.15, 0.2) is 60.2 Å². The molecule has 0 saturated heterocycles. The van der Waals surface area contributed by atoms with Crippen LogP contribution in [0.25, 0.3) is 0 Å². The van der Waals surface area contributed by atoms with Gasteiger partial charge < -0.3 is 14.2 Å². The molecule has 2 aliphatic carbocycles. The van der Waals surface area contributed by atoms with E-state index in [1.807, 2.05) is 18.2 Å². The number of nitrogens with zero attached hydrogens (tertiary/aromatic N) is 1. The number of carbonyl (C=O) groups is 1. The molecule has 1 saturated carbocycles. The van der Waals surface area contributed by atoms with Gasteiger partial charge in [-0.1, -0.05) is 37.3 Å². The van der Waals surface area contributed by atoms with Crippen LogP contribution in [0.2, 0.25) is 0 Å². The van der Waals surface area contributed by atoms with E-state index in [0.29, 0.717) is 28.3 Å². The fraction of sp³-hybridized carbons (Fsp3) is 0.400. The summed E-state index contributed by atoms with van der Waals surface area (Å²) in [5, 5.41) is 0. The van der Waals surface area contributed by atoms with E-state index < -0.39 is 11.0 Å². The average Bonchev–Trinajstić information content (AvgIpc) is 3.66. The zero-order valence-corrected chi connectivity index (χ0v) is 20.1. The monoisotopic (exact) mass is 468 g/mol. The van der Waals surface area contributed by atoms with Crippen molar-refractivity contribution in [2.24, 2.45) is 0 Å². The number of allylic oxidation sites excluding steroid dienone is 2. The molecule has 3 aliphatic heterocycles. The van der Waals surface area contributed by atoms with E-state index in [1.54, 1.807) is 0 Å². The number of carbonyl (C=O) groups excluding carboxylic acids is 1. The van der Waals surface area contributed by atoms with E-state index in [1.165, 1.54) is 0 Å². The Morgan fingerprint density at radius 3 is 2.57 bits per heavy atom. The fourth-order valence-electron chi connectivity index (χ4n) is 7.73. The van der Waals surface area contributed by atoms with Crippen molar-refractivity contribution in [3.05, 3.63) is 78.3 Å². The Hall–Kier alpha value is -3.05. The number of benzene rings is 2. The summed E-state index contributed by atoms with van der Waals surface area (Å²) in [5.74, 6) is 2.28. The van der Waals surface area contributed by atoms with E-state index in [0.717, 1.165) is 60.9 Å². The molecule has 1 spiro atoms. The number of hydrogen-bond donors (Lipinski definition) is 0. The molecule has 2 aromatic carbocycles. The van der Waals surface area contributed by atoms with E-state index in [4.69, 9.17) is 21.1 Å². The van der Waals surface area contributed by atoms with Crippen LogP contribution < -0.4 is 18.7 Å². The molecule has 0 N–H and O–H groups in total. The second-order valence-electron chi connectivity index (χ2n) is 10.6. The fourth-order valence-corrected chi connectivity index (χ4v) is 7.73. The zero-order valence-electron chi connectivity index (χ0n) is 20.1. The van der Waals surface area contributed by atoms with Gasteiger partial charge in [-0.05, 0) is 37.5 Å². The Bertz CT molecular complexity index is 1310. The SMILES string of the molecule is [CH]C1=CC(CC)([N+]2(C3CCCC3)C(=O)C3(COc4cc5c(cc43)OCO5)c3ccccc32)CC=C1. The molecule has 3 atom stereocenters. The van der Waals surface area contributed by atoms with E-state index >= 15 is 4.79 Å². The molecule has 5 heteroatoms. The number of fused-ring (bicyclic) bond motifs is 5. The highest BCUT2D eigenvalue weighted by Gasteiger charge is 2.73. The summed E-state index contributed by atoms with van der Waals surface area (Å²) in [4.78, 5) is 15.5.